The van der Waals surface area contributed by atoms with Crippen molar-refractivity contribution in [3.63, 3.8) is 0 Å². The van der Waals surface area contributed by atoms with E-state index in [2.05, 4.69) is 43.0 Å². The van der Waals surface area contributed by atoms with E-state index < -0.39 is 0 Å². The molecule has 0 fully saturated rings. The number of rotatable bonds is 3. The Bertz CT molecular complexity index is 700. The van der Waals surface area contributed by atoms with Gasteiger partial charge in [-0.1, -0.05) is 0 Å². The number of aromatic nitrogens is 2. The molecule has 1 aliphatic heterocycles. The third-order valence-corrected chi connectivity index (χ3v) is 5.51. The molecule has 0 bridgehead atoms. The van der Waals surface area contributed by atoms with E-state index in [-0.39, 0.29) is 20.3 Å². The fraction of sp³-hybridized carbons (Fsp3) is 0.375. The van der Waals surface area contributed by atoms with Crippen LogP contribution in [0, 0.1) is 0 Å². The van der Waals surface area contributed by atoms with Gasteiger partial charge in [0.05, 0.1) is 0 Å². The van der Waals surface area contributed by atoms with Gasteiger partial charge >= 0.3 is 130 Å². The Morgan fingerprint density at radius 2 is 2.19 bits per heavy atom. The average Bonchev–Trinajstić information content (AvgIpc) is 2.88. The first-order chi connectivity index (χ1) is 9.97. The second-order valence-electron chi connectivity index (χ2n) is 5.81. The first-order valence-electron chi connectivity index (χ1n) is 6.90. The zero-order valence-electron chi connectivity index (χ0n) is 12.6. The molecule has 1 aliphatic rings. The van der Waals surface area contributed by atoms with Gasteiger partial charge in [-0.15, -0.1) is 0 Å². The predicted octanol–water partition coefficient (Wildman–Crippen LogP) is 3.17. The third-order valence-electron chi connectivity index (χ3n) is 3.35. The van der Waals surface area contributed by atoms with E-state index in [4.69, 9.17) is 9.47 Å². The molecule has 5 heteroatoms. The number of hydrogen-bond donors (Lipinski definition) is 0. The summed E-state index contributed by atoms with van der Waals surface area (Å²) in [5, 5.41) is 4.31. The molecule has 0 atom stereocenters. The molecule has 1 aromatic carbocycles. The van der Waals surface area contributed by atoms with E-state index in [1.165, 1.54) is 10.0 Å². The predicted molar refractivity (Wildman–Crippen MR) is 83.0 cm³/mol. The number of benzene rings is 1. The van der Waals surface area contributed by atoms with E-state index in [1.807, 2.05) is 18.2 Å². The molecule has 0 spiro atoms. The number of ether oxygens (including phenoxy) is 2. The van der Waals surface area contributed by atoms with E-state index in [0.717, 1.165) is 22.8 Å². The monoisotopic (exact) mass is 350 g/mol. The van der Waals surface area contributed by atoms with Crippen LogP contribution in [-0.4, -0.2) is 30.5 Å². The van der Waals surface area contributed by atoms with Gasteiger partial charge in [0.2, 0.25) is 0 Å². The summed E-state index contributed by atoms with van der Waals surface area (Å²) in [6.07, 6.45) is 2.05. The summed E-state index contributed by atoms with van der Waals surface area (Å²) in [4.78, 5) is 0. The summed E-state index contributed by atoms with van der Waals surface area (Å²) in [6, 6.07) is 5.92. The van der Waals surface area contributed by atoms with Gasteiger partial charge in [-0.3, -0.25) is 0 Å². The van der Waals surface area contributed by atoms with Crippen LogP contribution in [0.15, 0.2) is 29.8 Å². The maximum absolute atomic E-state index is 6.14. The number of hydrogen-bond acceptors (Lipinski definition) is 4. The molecule has 0 saturated carbocycles. The van der Waals surface area contributed by atoms with E-state index >= 15 is 0 Å². The molecule has 0 amide bonds. The fourth-order valence-electron chi connectivity index (χ4n) is 2.26. The molecule has 4 nitrogen and oxygen atoms in total. The molecular weight excluding hydrogens is 331 g/mol. The second kappa shape index (κ2) is 5.32. The second-order valence-corrected chi connectivity index (χ2v) is 7.40. The molecule has 0 radical (unpaired) electrons. The van der Waals surface area contributed by atoms with E-state index in [9.17, 15) is 0 Å². The minimum atomic E-state index is -0.343. The van der Waals surface area contributed by atoms with Crippen molar-refractivity contribution in [3.8, 4) is 22.8 Å². The van der Waals surface area contributed by atoms with Gasteiger partial charge in [0.1, 0.15) is 0 Å². The zero-order chi connectivity index (χ0) is 15.0. The Labute approximate surface area is 130 Å². The zero-order valence-corrected chi connectivity index (χ0v) is 14.3. The van der Waals surface area contributed by atoms with Gasteiger partial charge in [0.15, 0.2) is 0 Å². The van der Waals surface area contributed by atoms with Crippen LogP contribution in [0.5, 0.6) is 11.5 Å². The summed E-state index contributed by atoms with van der Waals surface area (Å²) in [7, 11) is 0. The molecule has 110 valence electrons. The van der Waals surface area contributed by atoms with Gasteiger partial charge in [-0.25, -0.2) is 0 Å². The van der Waals surface area contributed by atoms with Crippen molar-refractivity contribution >= 4 is 14.7 Å². The van der Waals surface area contributed by atoms with Crippen molar-refractivity contribution in [2.75, 3.05) is 6.61 Å². The third kappa shape index (κ3) is 2.76. The van der Waals surface area contributed by atoms with Crippen LogP contribution >= 0.6 is 0 Å². The van der Waals surface area contributed by atoms with Crippen LogP contribution in [0.2, 0.25) is 0 Å². The van der Waals surface area contributed by atoms with E-state index in [1.54, 1.807) is 0 Å². The molecule has 0 saturated heterocycles. The Morgan fingerprint density at radius 3 is 2.95 bits per heavy atom. The molecule has 1 aromatic heterocycles. The Kier molecular flexibility index (Phi) is 3.64. The Hall–Kier alpha value is -1.58. The fourth-order valence-corrected chi connectivity index (χ4v) is 3.73. The van der Waals surface area contributed by atoms with Crippen molar-refractivity contribution in [1.29, 1.82) is 0 Å². The standard InChI is InChI=1S/C16H18N2O2Se/c1-10(2)7-8-19-11-5-6-12-13(9-11)20-16(3,4)15-14(12)17-18-21-15/h5-7,9H,8H2,1-4H3. The van der Waals surface area contributed by atoms with Crippen LogP contribution in [0.1, 0.15) is 32.1 Å². The summed E-state index contributed by atoms with van der Waals surface area (Å²) in [6.45, 7) is 8.83. The Balaban J connectivity index is 1.93. The summed E-state index contributed by atoms with van der Waals surface area (Å²) in [5.41, 5.74) is 2.90. The van der Waals surface area contributed by atoms with Crippen molar-refractivity contribution in [2.45, 2.75) is 33.3 Å². The quantitative estimate of drug-likeness (QED) is 0.631. The van der Waals surface area contributed by atoms with Crippen LogP contribution in [-0.2, 0) is 5.60 Å². The molecular formula is C16H18N2O2Se. The van der Waals surface area contributed by atoms with Crippen molar-refractivity contribution < 1.29 is 9.47 Å². The first-order valence-corrected chi connectivity index (χ1v) is 8.52. The van der Waals surface area contributed by atoms with Crippen LogP contribution in [0.25, 0.3) is 11.3 Å². The average molecular weight is 349 g/mol. The van der Waals surface area contributed by atoms with Crippen LogP contribution < -0.4 is 9.47 Å². The molecule has 0 unspecified atom stereocenters. The number of fused-ring (bicyclic) bond motifs is 3. The molecule has 2 aromatic rings. The van der Waals surface area contributed by atoms with Crippen molar-refractivity contribution in [2.24, 2.45) is 0 Å². The first kappa shape index (κ1) is 14.4. The van der Waals surface area contributed by atoms with Gasteiger partial charge < -0.3 is 0 Å². The molecule has 21 heavy (non-hydrogen) atoms. The topological polar surface area (TPSA) is 44.2 Å². The molecule has 0 N–H and O–H groups in total. The molecule has 2 heterocycles. The Morgan fingerprint density at radius 1 is 1.38 bits per heavy atom. The van der Waals surface area contributed by atoms with Gasteiger partial charge in [-0.2, -0.15) is 0 Å². The summed E-state index contributed by atoms with van der Waals surface area (Å²) in [5.74, 6) is 1.64. The summed E-state index contributed by atoms with van der Waals surface area (Å²) < 4.78 is 17.3. The number of allylic oxidation sites excluding steroid dienone is 1. The van der Waals surface area contributed by atoms with Crippen LogP contribution in [0.4, 0.5) is 0 Å². The van der Waals surface area contributed by atoms with Crippen molar-refractivity contribution in [3.05, 3.63) is 34.3 Å². The molecule has 3 rings (SSSR count). The van der Waals surface area contributed by atoms with Crippen LogP contribution in [0.3, 0.4) is 0 Å². The normalized spacial score (nSPS) is 14.7. The van der Waals surface area contributed by atoms with E-state index in [0.29, 0.717) is 6.61 Å². The van der Waals surface area contributed by atoms with Gasteiger partial charge in [0.25, 0.3) is 0 Å². The maximum atomic E-state index is 6.14. The van der Waals surface area contributed by atoms with Gasteiger partial charge in [-0.05, 0) is 0 Å². The summed E-state index contributed by atoms with van der Waals surface area (Å²) >= 11 is 0.0507. The SMILES string of the molecule is CC(C)=CCOc1ccc2c(c1)OC(C)(C)c1[se]nnc1-2. The molecule has 0 aliphatic carbocycles. The van der Waals surface area contributed by atoms with Gasteiger partial charge in [0, 0.05) is 0 Å². The number of nitrogens with zero attached hydrogens (tertiary/aromatic N) is 2. The minimum absolute atomic E-state index is 0.0507. The van der Waals surface area contributed by atoms with Crippen molar-refractivity contribution in [1.82, 2.24) is 9.19 Å².